The van der Waals surface area contributed by atoms with Gasteiger partial charge in [-0.2, -0.15) is 0 Å². The quantitative estimate of drug-likeness (QED) is 0.377. The van der Waals surface area contributed by atoms with Crippen molar-refractivity contribution in [2.45, 2.75) is 57.3 Å². The van der Waals surface area contributed by atoms with Gasteiger partial charge in [0.2, 0.25) is 0 Å². The number of hydrogen-bond acceptors (Lipinski definition) is 0. The van der Waals surface area contributed by atoms with Crippen LogP contribution in [0.5, 0.6) is 0 Å². The maximum atomic E-state index is 6.28. The van der Waals surface area contributed by atoms with Crippen molar-refractivity contribution in [2.24, 2.45) is 0 Å². The number of hydrogen-bond donors (Lipinski definition) is 0. The van der Waals surface area contributed by atoms with E-state index >= 15 is 0 Å². The first kappa shape index (κ1) is 16.6. The summed E-state index contributed by atoms with van der Waals surface area (Å²) in [5.74, 6) is 0. The van der Waals surface area contributed by atoms with Gasteiger partial charge in [0.1, 0.15) is 0 Å². The van der Waals surface area contributed by atoms with Crippen LogP contribution in [0, 0.1) is 0 Å². The lowest BCUT2D eigenvalue weighted by molar-refractivity contribution is 0.984. The van der Waals surface area contributed by atoms with Crippen molar-refractivity contribution in [2.75, 3.05) is 0 Å². The summed E-state index contributed by atoms with van der Waals surface area (Å²) in [5.41, 5.74) is 0. The monoisotopic (exact) mass is 324 g/mol. The number of halogens is 4. The van der Waals surface area contributed by atoms with Gasteiger partial charge in [0.05, 0.1) is 0 Å². The van der Waals surface area contributed by atoms with Gasteiger partial charge in [0, 0.05) is 0 Å². The summed E-state index contributed by atoms with van der Waals surface area (Å²) in [6.07, 6.45) is 3.13. The normalized spacial score (nSPS) is 13.2. The smallest absolute Gasteiger partial charge is 0.146 e. The summed E-state index contributed by atoms with van der Waals surface area (Å²) in [6, 6.07) is 3.82. The van der Waals surface area contributed by atoms with Crippen LogP contribution in [-0.2, 0) is 0 Å². The van der Waals surface area contributed by atoms with Gasteiger partial charge < -0.3 is 0 Å². The Hall–Kier alpha value is 1.59. The molecule has 0 aromatic heterocycles. The molecule has 0 amide bonds. The molecule has 0 aliphatic carbocycles. The van der Waals surface area contributed by atoms with Gasteiger partial charge in [-0.1, -0.05) is 33.1 Å². The standard InChI is InChI=1S/C9H20Cl4Si2/c1-3-6-14(10,11)8-5-9-15(12,13)7-4-2/h3-9H2,1-2H3. The predicted octanol–water partition coefficient (Wildman–Crippen LogP) is 6.04. The Labute approximate surface area is 114 Å². The molecule has 0 saturated heterocycles. The highest BCUT2D eigenvalue weighted by molar-refractivity contribution is 7.46. The summed E-state index contributed by atoms with van der Waals surface area (Å²) in [5, 5.41) is 0. The molecule has 0 fully saturated rings. The minimum atomic E-state index is -1.98. The molecule has 0 heterocycles. The molecule has 6 heteroatoms. The Kier molecular flexibility index (Phi) is 8.66. The molecule has 0 saturated carbocycles. The van der Waals surface area contributed by atoms with Gasteiger partial charge in [-0.05, 0) is 24.2 Å². The fraction of sp³-hybridized carbons (Fsp3) is 1.00. The third kappa shape index (κ3) is 9.31. The van der Waals surface area contributed by atoms with E-state index in [1.165, 1.54) is 0 Å². The molecule has 0 aromatic carbocycles. The van der Waals surface area contributed by atoms with Crippen molar-refractivity contribution in [1.29, 1.82) is 0 Å². The maximum absolute atomic E-state index is 6.28. The average Bonchev–Trinajstić information content (AvgIpc) is 2.02. The van der Waals surface area contributed by atoms with Gasteiger partial charge in [0.25, 0.3) is 13.4 Å². The molecule has 92 valence electrons. The molecule has 0 N–H and O–H groups in total. The Morgan fingerprint density at radius 3 is 1.27 bits per heavy atom. The van der Waals surface area contributed by atoms with Crippen LogP contribution < -0.4 is 0 Å². The Morgan fingerprint density at radius 1 is 0.667 bits per heavy atom. The van der Waals surface area contributed by atoms with Crippen LogP contribution in [0.2, 0.25) is 24.2 Å². The highest BCUT2D eigenvalue weighted by Crippen LogP contribution is 2.34. The summed E-state index contributed by atoms with van der Waals surface area (Å²) in [4.78, 5) is 0. The second kappa shape index (κ2) is 7.83. The maximum Gasteiger partial charge on any atom is 0.251 e. The van der Waals surface area contributed by atoms with Crippen molar-refractivity contribution in [1.82, 2.24) is 0 Å². The summed E-state index contributed by atoms with van der Waals surface area (Å²) in [7, 11) is 0. The molecule has 0 rings (SSSR count). The number of rotatable bonds is 8. The third-order valence-corrected chi connectivity index (χ3v) is 11.5. The van der Waals surface area contributed by atoms with Gasteiger partial charge in [0.15, 0.2) is 0 Å². The van der Waals surface area contributed by atoms with Gasteiger partial charge in [-0.3, -0.25) is 0 Å². The molecule has 0 radical (unpaired) electrons. The fourth-order valence-corrected chi connectivity index (χ4v) is 9.16. The summed E-state index contributed by atoms with van der Waals surface area (Å²) < 4.78 is 0. The Bertz CT molecular complexity index is 155. The molecule has 0 aromatic rings. The van der Waals surface area contributed by atoms with E-state index in [1.54, 1.807) is 0 Å². The second-order valence-electron chi connectivity index (χ2n) is 4.07. The van der Waals surface area contributed by atoms with Gasteiger partial charge in [-0.15, -0.1) is 44.3 Å². The molecule has 15 heavy (non-hydrogen) atoms. The van der Waals surface area contributed by atoms with Crippen molar-refractivity contribution < 1.29 is 0 Å². The van der Waals surface area contributed by atoms with E-state index < -0.39 is 13.4 Å². The van der Waals surface area contributed by atoms with E-state index in [-0.39, 0.29) is 0 Å². The molecule has 0 aliphatic heterocycles. The highest BCUT2D eigenvalue weighted by atomic mass is 35.7. The van der Waals surface area contributed by atoms with E-state index in [0.717, 1.165) is 43.4 Å². The molecule has 0 aliphatic rings. The first-order valence-electron chi connectivity index (χ1n) is 5.58. The second-order valence-corrected chi connectivity index (χ2v) is 19.3. The zero-order chi connectivity index (χ0) is 11.9. The summed E-state index contributed by atoms with van der Waals surface area (Å²) >= 11 is 25.1. The van der Waals surface area contributed by atoms with Gasteiger partial charge >= 0.3 is 0 Å². The van der Waals surface area contributed by atoms with Crippen molar-refractivity contribution in [3.05, 3.63) is 0 Å². The average molecular weight is 326 g/mol. The molecule has 0 bridgehead atoms. The van der Waals surface area contributed by atoms with E-state index in [9.17, 15) is 0 Å². The highest BCUT2D eigenvalue weighted by Gasteiger charge is 2.31. The van der Waals surface area contributed by atoms with Gasteiger partial charge in [-0.25, -0.2) is 0 Å². The van der Waals surface area contributed by atoms with Crippen molar-refractivity contribution in [3.8, 4) is 0 Å². The Morgan fingerprint density at radius 2 is 1.00 bits per heavy atom. The minimum absolute atomic E-state index is 0.932. The topological polar surface area (TPSA) is 0 Å². The molecule has 0 atom stereocenters. The summed E-state index contributed by atoms with van der Waals surface area (Å²) in [6.45, 7) is 0.280. The lowest BCUT2D eigenvalue weighted by Gasteiger charge is -2.19. The fourth-order valence-electron chi connectivity index (χ4n) is 1.59. The van der Waals surface area contributed by atoms with Crippen LogP contribution in [-0.4, -0.2) is 13.4 Å². The first-order valence-corrected chi connectivity index (χ1v) is 14.5. The zero-order valence-electron chi connectivity index (χ0n) is 9.46. The molecular weight excluding hydrogens is 306 g/mol. The van der Waals surface area contributed by atoms with E-state index in [0.29, 0.717) is 0 Å². The van der Waals surface area contributed by atoms with E-state index in [4.69, 9.17) is 44.3 Å². The van der Waals surface area contributed by atoms with Crippen molar-refractivity contribution in [3.63, 3.8) is 0 Å². The SMILES string of the molecule is CCC[Si](Cl)(Cl)CCC[Si](Cl)(Cl)CCC. The third-order valence-electron chi connectivity index (χ3n) is 2.32. The van der Waals surface area contributed by atoms with Crippen LogP contribution in [0.15, 0.2) is 0 Å². The molecule has 0 nitrogen and oxygen atoms in total. The molecular formula is C9H20Cl4Si2. The van der Waals surface area contributed by atoms with Crippen molar-refractivity contribution >= 4 is 57.7 Å². The molecule has 0 unspecified atom stereocenters. The molecule has 0 spiro atoms. The van der Waals surface area contributed by atoms with Crippen LogP contribution >= 0.6 is 44.3 Å². The van der Waals surface area contributed by atoms with E-state index in [1.807, 2.05) is 0 Å². The largest absolute Gasteiger partial charge is 0.251 e. The predicted molar refractivity (Wildman–Crippen MR) is 79.3 cm³/mol. The van der Waals surface area contributed by atoms with Crippen LogP contribution in [0.4, 0.5) is 0 Å². The van der Waals surface area contributed by atoms with Crippen LogP contribution in [0.1, 0.15) is 33.1 Å². The lowest BCUT2D eigenvalue weighted by atomic mass is 10.6. The van der Waals surface area contributed by atoms with Crippen LogP contribution in [0.3, 0.4) is 0 Å². The van der Waals surface area contributed by atoms with E-state index in [2.05, 4.69) is 13.8 Å². The minimum Gasteiger partial charge on any atom is -0.146 e. The van der Waals surface area contributed by atoms with Crippen LogP contribution in [0.25, 0.3) is 0 Å². The Balaban J connectivity index is 3.77. The zero-order valence-corrected chi connectivity index (χ0v) is 14.5. The lowest BCUT2D eigenvalue weighted by Crippen LogP contribution is -2.22. The first-order chi connectivity index (χ1) is 6.83.